The summed E-state index contributed by atoms with van der Waals surface area (Å²) in [6.07, 6.45) is 5.42. The van der Waals surface area contributed by atoms with Crippen LogP contribution in [0, 0.1) is 0 Å². The summed E-state index contributed by atoms with van der Waals surface area (Å²) in [5, 5.41) is 13.3. The maximum atomic E-state index is 11.5. The first-order valence-corrected chi connectivity index (χ1v) is 8.70. The molecule has 1 amide bonds. The molecule has 0 unspecified atom stereocenters. The van der Waals surface area contributed by atoms with Gasteiger partial charge in [0.2, 0.25) is 5.91 Å². The number of amides is 1. The van der Waals surface area contributed by atoms with Crippen LogP contribution in [0.25, 0.3) is 0 Å². The largest absolute Gasteiger partial charge is 0.488 e. The molecule has 5 nitrogen and oxygen atoms in total. The zero-order chi connectivity index (χ0) is 15.8. The number of rotatable bonds is 3. The van der Waals surface area contributed by atoms with E-state index in [-0.39, 0.29) is 12.0 Å². The molecular weight excluding hydrogens is 292 g/mol. The summed E-state index contributed by atoms with van der Waals surface area (Å²) >= 11 is 0. The van der Waals surface area contributed by atoms with Crippen molar-refractivity contribution in [3.63, 3.8) is 0 Å². The van der Waals surface area contributed by atoms with Crippen molar-refractivity contribution in [3.8, 4) is 5.75 Å². The number of ether oxygens (including phenoxy) is 1. The van der Waals surface area contributed by atoms with Crippen LogP contribution < -0.4 is 10.1 Å². The molecule has 124 valence electrons. The number of benzene rings is 1. The SMILES string of the molecule is O=C1CCc2ccc(O[C@@H]3CCN(C4CCC4)C[C@H]3O)cc2N1. The Morgan fingerprint density at radius 2 is 2.09 bits per heavy atom. The van der Waals surface area contributed by atoms with Crippen molar-refractivity contribution in [1.29, 1.82) is 0 Å². The van der Waals surface area contributed by atoms with E-state index in [4.69, 9.17) is 4.74 Å². The summed E-state index contributed by atoms with van der Waals surface area (Å²) in [6.45, 7) is 1.70. The van der Waals surface area contributed by atoms with Gasteiger partial charge in [0, 0.05) is 37.3 Å². The van der Waals surface area contributed by atoms with Crippen molar-refractivity contribution in [3.05, 3.63) is 23.8 Å². The minimum absolute atomic E-state index is 0.0588. The van der Waals surface area contributed by atoms with Gasteiger partial charge in [0.1, 0.15) is 18.0 Å². The molecule has 23 heavy (non-hydrogen) atoms. The highest BCUT2D eigenvalue weighted by molar-refractivity contribution is 5.94. The summed E-state index contributed by atoms with van der Waals surface area (Å²) in [5.41, 5.74) is 2.00. The average Bonchev–Trinajstić information content (AvgIpc) is 2.48. The maximum Gasteiger partial charge on any atom is 0.224 e. The quantitative estimate of drug-likeness (QED) is 0.894. The molecule has 0 aromatic heterocycles. The number of nitrogens with one attached hydrogen (secondary N) is 1. The number of carbonyl (C=O) groups is 1. The minimum atomic E-state index is -0.449. The van der Waals surface area contributed by atoms with Gasteiger partial charge in [-0.2, -0.15) is 0 Å². The van der Waals surface area contributed by atoms with E-state index in [1.165, 1.54) is 19.3 Å². The summed E-state index contributed by atoms with van der Waals surface area (Å²) in [6, 6.07) is 6.52. The normalized spacial score (nSPS) is 28.7. The van der Waals surface area contributed by atoms with Gasteiger partial charge in [-0.15, -0.1) is 0 Å². The first-order valence-electron chi connectivity index (χ1n) is 8.70. The molecule has 2 N–H and O–H groups in total. The molecule has 1 aliphatic carbocycles. The molecule has 1 aromatic rings. The molecule has 2 heterocycles. The molecule has 1 saturated carbocycles. The topological polar surface area (TPSA) is 61.8 Å². The van der Waals surface area contributed by atoms with E-state index in [0.717, 1.165) is 36.4 Å². The number of likely N-dealkylation sites (tertiary alicyclic amines) is 1. The van der Waals surface area contributed by atoms with Crippen molar-refractivity contribution >= 4 is 11.6 Å². The van der Waals surface area contributed by atoms with Gasteiger partial charge in [-0.05, 0) is 37.3 Å². The number of fused-ring (bicyclic) bond motifs is 1. The van der Waals surface area contributed by atoms with Crippen LogP contribution in [0.5, 0.6) is 5.75 Å². The predicted molar refractivity (Wildman–Crippen MR) is 87.6 cm³/mol. The highest BCUT2D eigenvalue weighted by Crippen LogP contribution is 2.31. The average molecular weight is 316 g/mol. The van der Waals surface area contributed by atoms with Gasteiger partial charge in [-0.25, -0.2) is 0 Å². The first kappa shape index (κ1) is 15.0. The zero-order valence-corrected chi connectivity index (χ0v) is 13.3. The third kappa shape index (κ3) is 3.08. The second-order valence-electron chi connectivity index (χ2n) is 6.96. The van der Waals surface area contributed by atoms with Crippen LogP contribution in [0.4, 0.5) is 5.69 Å². The van der Waals surface area contributed by atoms with Crippen LogP contribution in [0.15, 0.2) is 18.2 Å². The van der Waals surface area contributed by atoms with Crippen molar-refractivity contribution in [2.24, 2.45) is 0 Å². The van der Waals surface area contributed by atoms with Crippen LogP contribution in [0.2, 0.25) is 0 Å². The molecule has 0 bridgehead atoms. The smallest absolute Gasteiger partial charge is 0.224 e. The van der Waals surface area contributed by atoms with E-state index in [0.29, 0.717) is 19.0 Å². The van der Waals surface area contributed by atoms with E-state index in [1.807, 2.05) is 18.2 Å². The number of carbonyl (C=O) groups excluding carboxylic acids is 1. The first-order chi connectivity index (χ1) is 11.2. The van der Waals surface area contributed by atoms with Crippen LogP contribution >= 0.6 is 0 Å². The van der Waals surface area contributed by atoms with E-state index in [9.17, 15) is 9.90 Å². The summed E-state index contributed by atoms with van der Waals surface area (Å²) < 4.78 is 6.02. The van der Waals surface area contributed by atoms with Gasteiger partial charge in [0.05, 0.1) is 0 Å². The lowest BCUT2D eigenvalue weighted by Crippen LogP contribution is -2.53. The molecule has 2 aliphatic heterocycles. The number of piperidine rings is 1. The van der Waals surface area contributed by atoms with Crippen molar-refractivity contribution in [1.82, 2.24) is 4.90 Å². The number of anilines is 1. The summed E-state index contributed by atoms with van der Waals surface area (Å²) in [4.78, 5) is 13.9. The molecule has 1 saturated heterocycles. The molecular formula is C18H24N2O3. The lowest BCUT2D eigenvalue weighted by atomic mass is 9.89. The maximum absolute atomic E-state index is 11.5. The highest BCUT2D eigenvalue weighted by Gasteiger charge is 2.34. The summed E-state index contributed by atoms with van der Waals surface area (Å²) in [7, 11) is 0. The number of aliphatic hydroxyl groups excluding tert-OH is 1. The third-order valence-electron chi connectivity index (χ3n) is 5.41. The predicted octanol–water partition coefficient (Wildman–Crippen LogP) is 1.94. The monoisotopic (exact) mass is 316 g/mol. The van der Waals surface area contributed by atoms with Gasteiger partial charge in [-0.1, -0.05) is 12.5 Å². The Morgan fingerprint density at radius 3 is 2.83 bits per heavy atom. The Kier molecular flexibility index (Phi) is 3.99. The molecule has 0 spiro atoms. The molecule has 3 aliphatic rings. The van der Waals surface area contributed by atoms with Gasteiger partial charge in [-0.3, -0.25) is 9.69 Å². The van der Waals surface area contributed by atoms with Crippen molar-refractivity contribution in [2.75, 3.05) is 18.4 Å². The van der Waals surface area contributed by atoms with E-state index in [1.54, 1.807) is 0 Å². The third-order valence-corrected chi connectivity index (χ3v) is 5.41. The Hall–Kier alpha value is -1.59. The summed E-state index contributed by atoms with van der Waals surface area (Å²) in [5.74, 6) is 0.788. The lowest BCUT2D eigenvalue weighted by Gasteiger charge is -2.43. The number of hydrogen-bond donors (Lipinski definition) is 2. The molecule has 4 rings (SSSR count). The Bertz CT molecular complexity index is 600. The molecule has 1 aromatic carbocycles. The van der Waals surface area contributed by atoms with Crippen LogP contribution in [0.1, 0.15) is 37.7 Å². The fraction of sp³-hybridized carbons (Fsp3) is 0.611. The molecule has 2 atom stereocenters. The Morgan fingerprint density at radius 1 is 1.22 bits per heavy atom. The fourth-order valence-electron chi connectivity index (χ4n) is 3.75. The highest BCUT2D eigenvalue weighted by atomic mass is 16.5. The van der Waals surface area contributed by atoms with Crippen LogP contribution in [0.3, 0.4) is 0 Å². The second kappa shape index (κ2) is 6.13. The Balaban J connectivity index is 1.40. The van der Waals surface area contributed by atoms with Crippen molar-refractivity contribution in [2.45, 2.75) is 56.8 Å². The minimum Gasteiger partial charge on any atom is -0.488 e. The van der Waals surface area contributed by atoms with Gasteiger partial charge in [0.15, 0.2) is 0 Å². The van der Waals surface area contributed by atoms with Gasteiger partial charge >= 0.3 is 0 Å². The van der Waals surface area contributed by atoms with Crippen LogP contribution in [-0.2, 0) is 11.2 Å². The second-order valence-corrected chi connectivity index (χ2v) is 6.96. The number of aliphatic hydroxyl groups is 1. The van der Waals surface area contributed by atoms with Crippen LogP contribution in [-0.4, -0.2) is 47.3 Å². The fourth-order valence-corrected chi connectivity index (χ4v) is 3.75. The molecule has 0 radical (unpaired) electrons. The van der Waals surface area contributed by atoms with E-state index in [2.05, 4.69) is 10.2 Å². The van der Waals surface area contributed by atoms with E-state index >= 15 is 0 Å². The molecule has 5 heteroatoms. The van der Waals surface area contributed by atoms with E-state index < -0.39 is 6.10 Å². The standard InChI is InChI=1S/C18H24N2O3/c21-16-11-20(13-2-1-3-13)9-8-17(16)23-14-6-4-12-5-7-18(22)19-15(12)10-14/h4,6,10,13,16-17,21H,1-3,5,7-9,11H2,(H,19,22)/t16-,17-/m1/s1. The van der Waals surface area contributed by atoms with Crippen molar-refractivity contribution < 1.29 is 14.6 Å². The zero-order valence-electron chi connectivity index (χ0n) is 13.3. The lowest BCUT2D eigenvalue weighted by molar-refractivity contribution is -0.116. The molecule has 2 fully saturated rings. The number of nitrogens with zero attached hydrogens (tertiary/aromatic N) is 1. The van der Waals surface area contributed by atoms with Gasteiger partial charge in [0.25, 0.3) is 0 Å². The Labute approximate surface area is 136 Å². The number of β-amino-alcohol motifs (C(OH)–C–C–N with tert-alkyl or cyclic N) is 1. The van der Waals surface area contributed by atoms with Gasteiger partial charge < -0.3 is 15.2 Å². The number of aryl methyl sites for hydroxylation is 1. The number of hydrogen-bond acceptors (Lipinski definition) is 4.